The third-order valence-electron chi connectivity index (χ3n) is 4.07. The topological polar surface area (TPSA) is 98.5 Å². The smallest absolute Gasteiger partial charge is 0.258 e. The first-order valence-corrected chi connectivity index (χ1v) is 10.1. The number of nitrogens with one attached hydrogen (secondary N) is 1. The van der Waals surface area contributed by atoms with Gasteiger partial charge in [-0.1, -0.05) is 54.6 Å². The minimum absolute atomic E-state index is 0.0323. The first-order valence-electron chi connectivity index (χ1n) is 8.58. The number of ether oxygens (including phenoxy) is 1. The summed E-state index contributed by atoms with van der Waals surface area (Å²) in [7, 11) is -3.72. The van der Waals surface area contributed by atoms with E-state index in [2.05, 4.69) is 5.32 Å². The molecule has 0 spiro atoms. The van der Waals surface area contributed by atoms with Gasteiger partial charge >= 0.3 is 0 Å². The largest absolute Gasteiger partial charge is 0.484 e. The van der Waals surface area contributed by atoms with Crippen LogP contribution in [0.25, 0.3) is 11.1 Å². The Bertz CT molecular complexity index is 1030. The maximum absolute atomic E-state index is 12.0. The molecule has 0 aliphatic carbocycles. The molecule has 3 aromatic carbocycles. The number of sulfonamides is 1. The molecule has 6 nitrogen and oxygen atoms in total. The molecule has 0 atom stereocenters. The van der Waals surface area contributed by atoms with Crippen molar-refractivity contribution in [1.82, 2.24) is 5.32 Å². The average Bonchev–Trinajstić information content (AvgIpc) is 2.71. The fraction of sp³-hybridized carbons (Fsp3) is 0.0952. The predicted molar refractivity (Wildman–Crippen MR) is 107 cm³/mol. The minimum atomic E-state index is -3.72. The quantitative estimate of drug-likeness (QED) is 0.641. The maximum Gasteiger partial charge on any atom is 0.258 e. The Morgan fingerprint density at radius 2 is 1.46 bits per heavy atom. The maximum atomic E-state index is 12.0. The molecule has 7 heteroatoms. The van der Waals surface area contributed by atoms with E-state index < -0.39 is 10.0 Å². The summed E-state index contributed by atoms with van der Waals surface area (Å²) in [5, 5.41) is 7.77. The van der Waals surface area contributed by atoms with Crippen LogP contribution < -0.4 is 15.2 Å². The number of amides is 1. The molecule has 144 valence electrons. The van der Waals surface area contributed by atoms with Crippen molar-refractivity contribution in [2.24, 2.45) is 5.14 Å². The van der Waals surface area contributed by atoms with Crippen LogP contribution in [-0.4, -0.2) is 20.9 Å². The second-order valence-electron chi connectivity index (χ2n) is 6.14. The van der Waals surface area contributed by atoms with Gasteiger partial charge < -0.3 is 10.1 Å². The number of nitrogens with two attached hydrogens (primary N) is 1. The van der Waals surface area contributed by atoms with Crippen LogP contribution in [0.1, 0.15) is 5.56 Å². The van der Waals surface area contributed by atoms with Gasteiger partial charge in [-0.2, -0.15) is 0 Å². The summed E-state index contributed by atoms with van der Waals surface area (Å²) in [6.45, 7) is 0.153. The molecule has 3 N–H and O–H groups in total. The molecule has 0 aliphatic rings. The van der Waals surface area contributed by atoms with Gasteiger partial charge in [0.05, 0.1) is 4.90 Å². The highest BCUT2D eigenvalue weighted by Crippen LogP contribution is 2.21. The van der Waals surface area contributed by atoms with Crippen molar-refractivity contribution in [2.75, 3.05) is 6.61 Å². The van der Waals surface area contributed by atoms with Gasteiger partial charge in [-0.15, -0.1) is 0 Å². The molecule has 28 heavy (non-hydrogen) atoms. The van der Waals surface area contributed by atoms with E-state index in [9.17, 15) is 13.2 Å². The fourth-order valence-corrected chi connectivity index (χ4v) is 3.09. The molecule has 0 saturated heterocycles. The van der Waals surface area contributed by atoms with Gasteiger partial charge in [0.25, 0.3) is 5.91 Å². The standard InChI is InChI=1S/C21H20N2O4S/c22-28(25,26)20-12-6-16(7-13-20)14-23-21(24)15-27-19-10-8-18(9-11-19)17-4-2-1-3-5-17/h1-13H,14-15H2,(H,23,24)(H2,22,25,26). The van der Waals surface area contributed by atoms with E-state index in [1.807, 2.05) is 54.6 Å². The van der Waals surface area contributed by atoms with E-state index in [0.29, 0.717) is 5.75 Å². The molecule has 3 aromatic rings. The van der Waals surface area contributed by atoms with E-state index in [1.165, 1.54) is 12.1 Å². The number of rotatable bonds is 7. The predicted octanol–water partition coefficient (Wildman–Crippen LogP) is 2.70. The number of carbonyl (C=O) groups excluding carboxylic acids is 1. The van der Waals surface area contributed by atoms with Gasteiger partial charge in [-0.3, -0.25) is 4.79 Å². The monoisotopic (exact) mass is 396 g/mol. The Kier molecular flexibility index (Phi) is 6.08. The summed E-state index contributed by atoms with van der Waals surface area (Å²) < 4.78 is 27.9. The van der Waals surface area contributed by atoms with Crippen LogP contribution in [0.4, 0.5) is 0 Å². The Morgan fingerprint density at radius 3 is 2.07 bits per heavy atom. The van der Waals surface area contributed by atoms with E-state index in [-0.39, 0.29) is 24.0 Å². The zero-order chi connectivity index (χ0) is 20.0. The first kappa shape index (κ1) is 19.6. The van der Waals surface area contributed by atoms with Crippen LogP contribution in [0.5, 0.6) is 5.75 Å². The van der Waals surface area contributed by atoms with Crippen LogP contribution in [0.15, 0.2) is 83.8 Å². The summed E-state index contributed by atoms with van der Waals surface area (Å²) in [6.07, 6.45) is 0. The van der Waals surface area contributed by atoms with Crippen molar-refractivity contribution < 1.29 is 17.9 Å². The second kappa shape index (κ2) is 8.69. The lowest BCUT2D eigenvalue weighted by Gasteiger charge is -2.09. The fourth-order valence-electron chi connectivity index (χ4n) is 2.57. The molecule has 3 rings (SSSR count). The van der Waals surface area contributed by atoms with Crippen molar-refractivity contribution in [2.45, 2.75) is 11.4 Å². The summed E-state index contributed by atoms with van der Waals surface area (Å²) >= 11 is 0. The van der Waals surface area contributed by atoms with Crippen molar-refractivity contribution in [1.29, 1.82) is 0 Å². The Labute approximate surface area is 164 Å². The third kappa shape index (κ3) is 5.42. The Balaban J connectivity index is 1.48. The lowest BCUT2D eigenvalue weighted by molar-refractivity contribution is -0.123. The first-order chi connectivity index (χ1) is 13.4. The van der Waals surface area contributed by atoms with Crippen LogP contribution >= 0.6 is 0 Å². The molecular formula is C21H20N2O4S. The van der Waals surface area contributed by atoms with Gasteiger partial charge in [-0.25, -0.2) is 13.6 Å². The normalized spacial score (nSPS) is 11.0. The summed E-state index contributed by atoms with van der Waals surface area (Å²) in [5.74, 6) is 0.329. The molecule has 0 bridgehead atoms. The lowest BCUT2D eigenvalue weighted by Crippen LogP contribution is -2.28. The molecule has 0 radical (unpaired) electrons. The van der Waals surface area contributed by atoms with Crippen molar-refractivity contribution >= 4 is 15.9 Å². The zero-order valence-electron chi connectivity index (χ0n) is 15.0. The molecular weight excluding hydrogens is 376 g/mol. The SMILES string of the molecule is NS(=O)(=O)c1ccc(CNC(=O)COc2ccc(-c3ccccc3)cc2)cc1. The highest BCUT2D eigenvalue weighted by Gasteiger charge is 2.08. The number of primary sulfonamides is 1. The van der Waals surface area contributed by atoms with Gasteiger partial charge in [0.15, 0.2) is 6.61 Å². The minimum Gasteiger partial charge on any atom is -0.484 e. The number of benzene rings is 3. The number of hydrogen-bond donors (Lipinski definition) is 2. The third-order valence-corrected chi connectivity index (χ3v) is 5.00. The summed E-state index contributed by atoms with van der Waals surface area (Å²) in [6, 6.07) is 23.5. The van der Waals surface area contributed by atoms with Crippen LogP contribution in [0, 0.1) is 0 Å². The van der Waals surface area contributed by atoms with E-state index in [1.54, 1.807) is 12.1 Å². The summed E-state index contributed by atoms with van der Waals surface area (Å²) in [5.41, 5.74) is 2.94. The van der Waals surface area contributed by atoms with Crippen LogP contribution in [-0.2, 0) is 21.4 Å². The van der Waals surface area contributed by atoms with Gasteiger partial charge in [0.1, 0.15) is 5.75 Å². The molecule has 1 amide bonds. The molecule has 0 saturated carbocycles. The van der Waals surface area contributed by atoms with E-state index in [0.717, 1.165) is 16.7 Å². The van der Waals surface area contributed by atoms with Crippen LogP contribution in [0.3, 0.4) is 0 Å². The number of hydrogen-bond acceptors (Lipinski definition) is 4. The van der Waals surface area contributed by atoms with E-state index in [4.69, 9.17) is 9.88 Å². The van der Waals surface area contributed by atoms with Crippen LogP contribution in [0.2, 0.25) is 0 Å². The molecule has 0 aromatic heterocycles. The van der Waals surface area contributed by atoms with Crippen molar-refractivity contribution in [3.05, 3.63) is 84.4 Å². The molecule has 0 fully saturated rings. The molecule has 0 unspecified atom stereocenters. The van der Waals surface area contributed by atoms with Crippen molar-refractivity contribution in [3.8, 4) is 16.9 Å². The Hall–Kier alpha value is -3.16. The lowest BCUT2D eigenvalue weighted by atomic mass is 10.1. The number of carbonyl (C=O) groups is 1. The van der Waals surface area contributed by atoms with E-state index >= 15 is 0 Å². The summed E-state index contributed by atoms with van der Waals surface area (Å²) in [4.78, 5) is 12.0. The highest BCUT2D eigenvalue weighted by molar-refractivity contribution is 7.89. The molecule has 0 heterocycles. The second-order valence-corrected chi connectivity index (χ2v) is 7.71. The Morgan fingerprint density at radius 1 is 0.857 bits per heavy atom. The van der Waals surface area contributed by atoms with Gasteiger partial charge in [0.2, 0.25) is 10.0 Å². The van der Waals surface area contributed by atoms with Crippen molar-refractivity contribution in [3.63, 3.8) is 0 Å². The zero-order valence-corrected chi connectivity index (χ0v) is 15.9. The van der Waals surface area contributed by atoms with Gasteiger partial charge in [-0.05, 0) is 41.0 Å². The van der Waals surface area contributed by atoms with Gasteiger partial charge in [0, 0.05) is 6.54 Å². The highest BCUT2D eigenvalue weighted by atomic mass is 32.2. The average molecular weight is 396 g/mol. The molecule has 0 aliphatic heterocycles.